The van der Waals surface area contributed by atoms with Crippen LogP contribution in [0.2, 0.25) is 0 Å². The third kappa shape index (κ3) is 4.03. The second-order valence-electron chi connectivity index (χ2n) is 9.56. The highest BCUT2D eigenvalue weighted by Gasteiger charge is 2.34. The zero-order chi connectivity index (χ0) is 23.2. The minimum atomic E-state index is 0.333. The summed E-state index contributed by atoms with van der Waals surface area (Å²) in [4.78, 5) is 9.83. The Morgan fingerprint density at radius 3 is 2.74 bits per heavy atom. The summed E-state index contributed by atoms with van der Waals surface area (Å²) in [5.41, 5.74) is 5.53. The van der Waals surface area contributed by atoms with Crippen molar-refractivity contribution in [3.63, 3.8) is 0 Å². The Labute approximate surface area is 203 Å². The van der Waals surface area contributed by atoms with Crippen LogP contribution >= 0.6 is 11.6 Å². The molecule has 2 aliphatic carbocycles. The molecule has 1 aliphatic heterocycles. The second kappa shape index (κ2) is 8.44. The smallest absolute Gasteiger partial charge is 0.159 e. The van der Waals surface area contributed by atoms with Crippen molar-refractivity contribution in [3.8, 4) is 0 Å². The van der Waals surface area contributed by atoms with Crippen LogP contribution in [0.3, 0.4) is 0 Å². The average Bonchev–Trinajstić information content (AvgIpc) is 3.40. The largest absolute Gasteiger partial charge is 0.387 e. The highest BCUT2D eigenvalue weighted by atomic mass is 35.5. The maximum atomic E-state index is 6.21. The van der Waals surface area contributed by atoms with Crippen molar-refractivity contribution in [3.05, 3.63) is 76.9 Å². The second-order valence-corrected chi connectivity index (χ2v) is 10.0. The number of H-pyrrole nitrogens is 1. The molecule has 0 bridgehead atoms. The summed E-state index contributed by atoms with van der Waals surface area (Å²) >= 11 is 6.21. The Morgan fingerprint density at radius 1 is 1.09 bits per heavy atom. The Kier molecular flexibility index (Phi) is 5.26. The van der Waals surface area contributed by atoms with E-state index in [1.54, 1.807) is 0 Å². The first-order valence-corrected chi connectivity index (χ1v) is 12.2. The highest BCUT2D eigenvalue weighted by Crippen LogP contribution is 2.47. The molecule has 3 unspecified atom stereocenters. The number of rotatable bonds is 5. The topological polar surface area (TPSA) is 78.5 Å². The van der Waals surface area contributed by atoms with Gasteiger partial charge in [0.05, 0.1) is 11.2 Å². The number of halogens is 1. The predicted octanol–water partition coefficient (Wildman–Crippen LogP) is 6.27. The molecular weight excluding hydrogens is 444 g/mol. The van der Waals surface area contributed by atoms with Gasteiger partial charge >= 0.3 is 0 Å². The van der Waals surface area contributed by atoms with Crippen molar-refractivity contribution < 1.29 is 0 Å². The number of aromatic amines is 1. The van der Waals surface area contributed by atoms with E-state index in [9.17, 15) is 0 Å². The Bertz CT molecular complexity index is 1400. The van der Waals surface area contributed by atoms with E-state index in [-0.39, 0.29) is 0 Å². The molecule has 0 saturated heterocycles. The van der Waals surface area contributed by atoms with Gasteiger partial charge in [0.1, 0.15) is 5.82 Å². The molecule has 3 aromatic rings. The van der Waals surface area contributed by atoms with Gasteiger partial charge in [-0.2, -0.15) is 5.10 Å². The lowest BCUT2D eigenvalue weighted by Gasteiger charge is -2.17. The number of benzene rings is 1. The number of anilines is 2. The van der Waals surface area contributed by atoms with Gasteiger partial charge < -0.3 is 10.6 Å². The van der Waals surface area contributed by atoms with Gasteiger partial charge in [-0.25, -0.2) is 9.97 Å². The molecule has 3 atom stereocenters. The van der Waals surface area contributed by atoms with Gasteiger partial charge in [-0.1, -0.05) is 43.7 Å². The number of dihydropyridines is 1. The highest BCUT2D eigenvalue weighted by molar-refractivity contribution is 6.30. The maximum absolute atomic E-state index is 6.21. The predicted molar refractivity (Wildman–Crippen MR) is 139 cm³/mol. The molecule has 172 valence electrons. The summed E-state index contributed by atoms with van der Waals surface area (Å²) < 4.78 is 0. The molecule has 3 heterocycles. The van der Waals surface area contributed by atoms with E-state index in [4.69, 9.17) is 21.6 Å². The summed E-state index contributed by atoms with van der Waals surface area (Å²) in [6.45, 7) is 5.19. The summed E-state index contributed by atoms with van der Waals surface area (Å²) in [5, 5.41) is 16.4. The number of nitrogens with zero attached hydrogens (tertiary/aromatic N) is 3. The third-order valence-corrected chi connectivity index (χ3v) is 7.24. The van der Waals surface area contributed by atoms with Crippen LogP contribution in [0.15, 0.2) is 59.8 Å². The van der Waals surface area contributed by atoms with Crippen LogP contribution in [-0.4, -0.2) is 26.7 Å². The van der Waals surface area contributed by atoms with Crippen LogP contribution < -0.4 is 10.6 Å². The molecule has 1 aromatic carbocycles. The number of fused-ring (bicyclic) bond motifs is 1. The number of hydrogen-bond acceptors (Lipinski definition) is 5. The van der Waals surface area contributed by atoms with Crippen molar-refractivity contribution in [2.45, 2.75) is 32.6 Å². The Hall–Kier alpha value is -3.38. The standard InChI is InChI=1S/C27H27ClN6/c1-15-10-19(28)6-7-20(15)24-13-25(34-33-24)31-27-22-12-17(21-11-16(21)2)5-8-23(22)30-26(32-27)18-4-3-9-29-14-18/h3-9,12-13,15-16,21,29H,10-11,14H2,1-2H3,(H2,30,31,32,33,34). The normalized spacial score (nSPS) is 23.7. The number of aromatic nitrogens is 4. The van der Waals surface area contributed by atoms with Crippen LogP contribution in [0.25, 0.3) is 22.0 Å². The number of nitrogens with one attached hydrogen (secondary N) is 3. The third-order valence-electron chi connectivity index (χ3n) is 6.96. The van der Waals surface area contributed by atoms with Gasteiger partial charge in [-0.3, -0.25) is 5.10 Å². The monoisotopic (exact) mass is 470 g/mol. The fourth-order valence-corrected chi connectivity index (χ4v) is 5.14. The average molecular weight is 471 g/mol. The summed E-state index contributed by atoms with van der Waals surface area (Å²) in [6, 6.07) is 8.63. The van der Waals surface area contributed by atoms with Crippen LogP contribution in [0.1, 0.15) is 49.7 Å². The maximum Gasteiger partial charge on any atom is 0.159 e. The summed E-state index contributed by atoms with van der Waals surface area (Å²) in [6.07, 6.45) is 12.1. The molecule has 3 aliphatic rings. The van der Waals surface area contributed by atoms with E-state index in [0.29, 0.717) is 18.4 Å². The van der Waals surface area contributed by atoms with E-state index in [1.165, 1.54) is 17.6 Å². The molecular formula is C27H27ClN6. The molecule has 1 fully saturated rings. The lowest BCUT2D eigenvalue weighted by Crippen LogP contribution is -2.14. The molecule has 0 spiro atoms. The van der Waals surface area contributed by atoms with Gasteiger partial charge in [0.2, 0.25) is 0 Å². The lowest BCUT2D eigenvalue weighted by atomic mass is 9.91. The molecule has 3 N–H and O–H groups in total. The first-order chi connectivity index (χ1) is 16.5. The van der Waals surface area contributed by atoms with Crippen molar-refractivity contribution >= 4 is 45.3 Å². The van der Waals surface area contributed by atoms with Gasteiger partial charge in [0, 0.05) is 28.6 Å². The van der Waals surface area contributed by atoms with E-state index in [1.807, 2.05) is 24.4 Å². The van der Waals surface area contributed by atoms with Gasteiger partial charge in [-0.15, -0.1) is 0 Å². The molecule has 0 amide bonds. The number of allylic oxidation sites excluding steroid dienone is 6. The first kappa shape index (κ1) is 21.2. The molecule has 6 nitrogen and oxygen atoms in total. The van der Waals surface area contributed by atoms with E-state index < -0.39 is 0 Å². The fraction of sp³-hybridized carbons (Fsp3) is 0.296. The van der Waals surface area contributed by atoms with E-state index in [2.05, 4.69) is 65.0 Å². The van der Waals surface area contributed by atoms with Gasteiger partial charge in [0.25, 0.3) is 0 Å². The van der Waals surface area contributed by atoms with Crippen molar-refractivity contribution in [1.29, 1.82) is 0 Å². The van der Waals surface area contributed by atoms with Crippen LogP contribution in [0, 0.1) is 11.8 Å². The van der Waals surface area contributed by atoms with Crippen molar-refractivity contribution in [1.82, 2.24) is 25.5 Å². The van der Waals surface area contributed by atoms with E-state index in [0.717, 1.165) is 57.0 Å². The van der Waals surface area contributed by atoms with Crippen molar-refractivity contribution in [2.24, 2.45) is 11.8 Å². The minimum absolute atomic E-state index is 0.333. The van der Waals surface area contributed by atoms with Crippen LogP contribution in [0.5, 0.6) is 0 Å². The zero-order valence-electron chi connectivity index (χ0n) is 19.3. The summed E-state index contributed by atoms with van der Waals surface area (Å²) in [5.74, 6) is 3.93. The Morgan fingerprint density at radius 2 is 1.97 bits per heavy atom. The van der Waals surface area contributed by atoms with E-state index >= 15 is 0 Å². The molecule has 1 saturated carbocycles. The first-order valence-electron chi connectivity index (χ1n) is 11.9. The molecule has 6 rings (SSSR count). The lowest BCUT2D eigenvalue weighted by molar-refractivity contribution is 0.744. The van der Waals surface area contributed by atoms with Crippen molar-refractivity contribution in [2.75, 3.05) is 11.9 Å². The molecule has 0 radical (unpaired) electrons. The molecule has 2 aromatic heterocycles. The van der Waals surface area contributed by atoms with Crippen LogP contribution in [-0.2, 0) is 0 Å². The molecule has 7 heteroatoms. The van der Waals surface area contributed by atoms with Gasteiger partial charge in [0.15, 0.2) is 11.6 Å². The fourth-order valence-electron chi connectivity index (χ4n) is 4.84. The summed E-state index contributed by atoms with van der Waals surface area (Å²) in [7, 11) is 0. The zero-order valence-corrected chi connectivity index (χ0v) is 20.0. The Balaban J connectivity index is 1.39. The van der Waals surface area contributed by atoms with Crippen LogP contribution in [0.4, 0.5) is 11.6 Å². The SMILES string of the molecule is CC1CC(Cl)=CC=C1c1cc(Nc2nc(C3=CC=CNC3)nc3ccc(C4CC4C)cc23)n[nH]1. The van der Waals surface area contributed by atoms with Gasteiger partial charge in [-0.05, 0) is 72.2 Å². The minimum Gasteiger partial charge on any atom is -0.387 e. The number of hydrogen-bond donors (Lipinski definition) is 3. The quantitative estimate of drug-likeness (QED) is 0.409. The molecule has 34 heavy (non-hydrogen) atoms.